The molecule has 0 radical (unpaired) electrons. The Balaban J connectivity index is 1.73. The summed E-state index contributed by atoms with van der Waals surface area (Å²) in [7, 11) is -3.67. The van der Waals surface area contributed by atoms with E-state index in [0.717, 1.165) is 5.56 Å². The van der Waals surface area contributed by atoms with E-state index in [1.54, 1.807) is 30.3 Å². The Morgan fingerprint density at radius 2 is 2.13 bits per heavy atom. The molecule has 11 heteroatoms. The number of rotatable bonds is 3. The van der Waals surface area contributed by atoms with Gasteiger partial charge < -0.3 is 14.4 Å². The summed E-state index contributed by atoms with van der Waals surface area (Å²) in [6, 6.07) is 8.61. The number of nitrogens with one attached hydrogen (secondary N) is 1. The summed E-state index contributed by atoms with van der Waals surface area (Å²) in [5.74, 6) is 0.324. The second-order valence-corrected chi connectivity index (χ2v) is 10.3. The van der Waals surface area contributed by atoms with Crippen LogP contribution in [0.3, 0.4) is 0 Å². The minimum atomic E-state index is -3.67. The molecule has 0 unspecified atom stereocenters. The van der Waals surface area contributed by atoms with Gasteiger partial charge in [-0.3, -0.25) is 4.79 Å². The van der Waals surface area contributed by atoms with Crippen LogP contribution < -0.4 is 14.2 Å². The summed E-state index contributed by atoms with van der Waals surface area (Å²) in [5, 5.41) is 0. The van der Waals surface area contributed by atoms with Crippen molar-refractivity contribution < 1.29 is 27.1 Å². The molecule has 0 spiro atoms. The lowest BCUT2D eigenvalue weighted by Crippen LogP contribution is -2.50. The maximum Gasteiger partial charge on any atom is 0.260 e. The highest BCUT2D eigenvalue weighted by Gasteiger charge is 2.46. The monoisotopic (exact) mass is 513 g/mol. The van der Waals surface area contributed by atoms with Crippen LogP contribution in [0.4, 0.5) is 4.39 Å². The van der Waals surface area contributed by atoms with Crippen molar-refractivity contribution in [2.45, 2.75) is 31.6 Å². The molecule has 4 rings (SSSR count). The Hall–Kier alpha value is -2.24. The number of nitrogens with zero attached hydrogens (tertiary/aromatic N) is 2. The Labute approximate surface area is 187 Å². The molecule has 4 bridgehead atoms. The molecule has 31 heavy (non-hydrogen) atoms. The Morgan fingerprint density at radius 3 is 2.90 bits per heavy atom. The summed E-state index contributed by atoms with van der Waals surface area (Å²) < 4.78 is 53.6. The molecule has 1 amide bonds. The van der Waals surface area contributed by atoms with Gasteiger partial charge in [-0.2, -0.15) is 4.98 Å². The molecule has 3 atom stereocenters. The van der Waals surface area contributed by atoms with E-state index in [2.05, 4.69) is 25.6 Å². The van der Waals surface area contributed by atoms with Crippen LogP contribution in [0.25, 0.3) is 0 Å². The molecule has 3 heterocycles. The Morgan fingerprint density at radius 1 is 1.32 bits per heavy atom. The van der Waals surface area contributed by atoms with Crippen LogP contribution in [0, 0.1) is 0 Å². The zero-order chi connectivity index (χ0) is 22.2. The van der Waals surface area contributed by atoms with E-state index >= 15 is 0 Å². The maximum atomic E-state index is 14.9. The molecule has 1 saturated heterocycles. The van der Waals surface area contributed by atoms with Gasteiger partial charge in [-0.25, -0.2) is 17.5 Å². The lowest BCUT2D eigenvalue weighted by atomic mass is 10.00. The van der Waals surface area contributed by atoms with E-state index < -0.39 is 34.2 Å². The number of sulfonamides is 1. The standard InChI is InChI=1S/C20H21BrFN3O5S/c1-2-31(27,28)24-19-15(22)10-25-16(19)9-12-4-3-5-13(8-12)30-20-14(21)6-7-17(23-20)29-11-18(25)26/h3-8,15-16,19,24H,2,9-11H2,1H3/t15-,16-,19-/m0/s1. The molecule has 0 saturated carbocycles. The van der Waals surface area contributed by atoms with Gasteiger partial charge in [-0.15, -0.1) is 0 Å². The molecule has 2 aromatic rings. The van der Waals surface area contributed by atoms with Gasteiger partial charge in [0.05, 0.1) is 28.9 Å². The van der Waals surface area contributed by atoms with Gasteiger partial charge in [0.15, 0.2) is 6.61 Å². The van der Waals surface area contributed by atoms with Crippen molar-refractivity contribution in [1.29, 1.82) is 0 Å². The zero-order valence-electron chi connectivity index (χ0n) is 16.6. The molecule has 1 aromatic carbocycles. The third kappa shape index (κ3) is 4.83. The molecule has 0 aliphatic carbocycles. The third-order valence-corrected chi connectivity index (χ3v) is 7.28. The van der Waals surface area contributed by atoms with Crippen LogP contribution in [0.5, 0.6) is 17.5 Å². The summed E-state index contributed by atoms with van der Waals surface area (Å²) in [4.78, 5) is 18.5. The highest BCUT2D eigenvalue weighted by Crippen LogP contribution is 2.32. The van der Waals surface area contributed by atoms with Gasteiger partial charge in [0.1, 0.15) is 11.9 Å². The minimum absolute atomic E-state index is 0.178. The highest BCUT2D eigenvalue weighted by molar-refractivity contribution is 9.10. The van der Waals surface area contributed by atoms with Crippen LogP contribution >= 0.6 is 15.9 Å². The van der Waals surface area contributed by atoms with Crippen molar-refractivity contribution in [2.75, 3.05) is 18.9 Å². The van der Waals surface area contributed by atoms with Crippen molar-refractivity contribution in [2.24, 2.45) is 0 Å². The molecule has 2 aliphatic heterocycles. The maximum absolute atomic E-state index is 14.9. The van der Waals surface area contributed by atoms with Gasteiger partial charge in [-0.05, 0) is 53.0 Å². The first-order valence-electron chi connectivity index (χ1n) is 9.75. The number of hydrogen-bond donors (Lipinski definition) is 1. The van der Waals surface area contributed by atoms with E-state index in [4.69, 9.17) is 9.47 Å². The Kier molecular flexibility index (Phi) is 6.18. The van der Waals surface area contributed by atoms with E-state index in [9.17, 15) is 17.6 Å². The van der Waals surface area contributed by atoms with Crippen molar-refractivity contribution in [3.8, 4) is 17.5 Å². The Bertz CT molecular complexity index is 1100. The van der Waals surface area contributed by atoms with Crippen molar-refractivity contribution in [3.63, 3.8) is 0 Å². The number of amides is 1. The first-order chi connectivity index (χ1) is 14.8. The average Bonchev–Trinajstić information content (AvgIpc) is 3.03. The summed E-state index contributed by atoms with van der Waals surface area (Å²) in [6.45, 7) is 0.896. The average molecular weight is 514 g/mol. The van der Waals surface area contributed by atoms with E-state index in [1.807, 2.05) is 6.07 Å². The van der Waals surface area contributed by atoms with Gasteiger partial charge in [-0.1, -0.05) is 12.1 Å². The normalized spacial score (nSPS) is 23.6. The molecule has 1 fully saturated rings. The minimum Gasteiger partial charge on any atom is -0.467 e. The molecule has 1 N–H and O–H groups in total. The number of halogens is 2. The molecular weight excluding hydrogens is 493 g/mol. The first kappa shape index (κ1) is 22.0. The van der Waals surface area contributed by atoms with Crippen LogP contribution in [0.15, 0.2) is 40.9 Å². The number of carbonyl (C=O) groups is 1. The fourth-order valence-electron chi connectivity index (χ4n) is 3.70. The predicted octanol–water partition coefficient (Wildman–Crippen LogP) is 2.43. The molecule has 1 aromatic heterocycles. The highest BCUT2D eigenvalue weighted by atomic mass is 79.9. The fraction of sp³-hybridized carbons (Fsp3) is 0.400. The predicted molar refractivity (Wildman–Crippen MR) is 114 cm³/mol. The lowest BCUT2D eigenvalue weighted by molar-refractivity contribution is -0.134. The van der Waals surface area contributed by atoms with Gasteiger partial charge >= 0.3 is 0 Å². The first-order valence-corrected chi connectivity index (χ1v) is 12.2. The van der Waals surface area contributed by atoms with Crippen LogP contribution in [-0.4, -0.2) is 61.4 Å². The van der Waals surface area contributed by atoms with E-state index in [1.165, 1.54) is 11.8 Å². The third-order valence-electron chi connectivity index (χ3n) is 5.28. The number of aromatic nitrogens is 1. The van der Waals surface area contributed by atoms with Crippen LogP contribution in [0.1, 0.15) is 12.5 Å². The summed E-state index contributed by atoms with van der Waals surface area (Å²) in [5.41, 5.74) is 0.766. The molecule has 2 aliphatic rings. The number of benzene rings is 1. The quantitative estimate of drug-likeness (QED) is 0.676. The lowest BCUT2D eigenvalue weighted by Gasteiger charge is -2.28. The number of pyridine rings is 1. The van der Waals surface area contributed by atoms with Crippen LogP contribution in [-0.2, 0) is 21.2 Å². The van der Waals surface area contributed by atoms with Gasteiger partial charge in [0.2, 0.25) is 21.8 Å². The fourth-order valence-corrected chi connectivity index (χ4v) is 4.89. The number of ether oxygens (including phenoxy) is 2. The summed E-state index contributed by atoms with van der Waals surface area (Å²) in [6.07, 6.45) is -1.30. The SMILES string of the molecule is CCS(=O)(=O)N[C@H]1[C@@H](F)CN2C(=O)COc3ccc(Br)c(n3)Oc3cccc(c3)C[C@@H]12. The van der Waals surface area contributed by atoms with Crippen molar-refractivity contribution in [3.05, 3.63) is 46.4 Å². The summed E-state index contributed by atoms with van der Waals surface area (Å²) >= 11 is 3.38. The van der Waals surface area contributed by atoms with Crippen LogP contribution in [0.2, 0.25) is 0 Å². The van der Waals surface area contributed by atoms with Gasteiger partial charge in [0.25, 0.3) is 5.91 Å². The number of alkyl halides is 1. The van der Waals surface area contributed by atoms with E-state index in [0.29, 0.717) is 10.2 Å². The second-order valence-electron chi connectivity index (χ2n) is 7.36. The molecule has 8 nitrogen and oxygen atoms in total. The van der Waals surface area contributed by atoms with E-state index in [-0.39, 0.29) is 37.1 Å². The van der Waals surface area contributed by atoms with Crippen molar-refractivity contribution in [1.82, 2.24) is 14.6 Å². The largest absolute Gasteiger partial charge is 0.467 e. The topological polar surface area (TPSA) is 97.8 Å². The molecule has 166 valence electrons. The van der Waals surface area contributed by atoms with Gasteiger partial charge in [0, 0.05) is 6.07 Å². The number of fused-ring (bicyclic) bond motifs is 5. The zero-order valence-corrected chi connectivity index (χ0v) is 19.0. The smallest absolute Gasteiger partial charge is 0.260 e. The number of hydrogen-bond acceptors (Lipinski definition) is 6. The number of carbonyl (C=O) groups excluding carboxylic acids is 1. The second kappa shape index (κ2) is 8.71. The molecular formula is C20H21BrFN3O5S. The van der Waals surface area contributed by atoms with Crippen molar-refractivity contribution >= 4 is 31.9 Å².